The number of hydrogen-bond acceptors (Lipinski definition) is 4. The van der Waals surface area contributed by atoms with Gasteiger partial charge in [0.15, 0.2) is 5.82 Å². The summed E-state index contributed by atoms with van der Waals surface area (Å²) in [6, 6.07) is 6.13. The molecule has 17 heavy (non-hydrogen) atoms. The summed E-state index contributed by atoms with van der Waals surface area (Å²) in [4.78, 5) is 4.36. The number of nitrogens with zero attached hydrogens (tertiary/aromatic N) is 2. The van der Waals surface area contributed by atoms with Gasteiger partial charge >= 0.3 is 0 Å². The second-order valence-corrected chi connectivity index (χ2v) is 4.21. The third-order valence-corrected chi connectivity index (χ3v) is 2.83. The molecule has 0 saturated heterocycles. The van der Waals surface area contributed by atoms with E-state index in [-0.39, 0.29) is 0 Å². The number of nitrogens with two attached hydrogens (primary N) is 1. The average Bonchev–Trinajstić information content (AvgIpc) is 2.79. The van der Waals surface area contributed by atoms with Gasteiger partial charge in [0.1, 0.15) is 0 Å². The van der Waals surface area contributed by atoms with Crippen LogP contribution < -0.4 is 5.73 Å². The van der Waals surface area contributed by atoms with Crippen molar-refractivity contribution in [3.63, 3.8) is 0 Å². The van der Waals surface area contributed by atoms with Crippen LogP contribution in [-0.4, -0.2) is 16.7 Å². The Balaban J connectivity index is 2.21. The van der Waals surface area contributed by atoms with Crippen LogP contribution in [0.25, 0.3) is 11.5 Å². The van der Waals surface area contributed by atoms with Crippen molar-refractivity contribution >= 4 is 0 Å². The van der Waals surface area contributed by atoms with Crippen molar-refractivity contribution in [3.8, 4) is 11.5 Å². The largest absolute Gasteiger partial charge is 0.334 e. The molecule has 0 unspecified atom stereocenters. The molecule has 2 N–H and O–H groups in total. The molecule has 0 amide bonds. The predicted octanol–water partition coefficient (Wildman–Crippen LogP) is 2.24. The summed E-state index contributed by atoms with van der Waals surface area (Å²) in [7, 11) is 0. The van der Waals surface area contributed by atoms with Crippen LogP contribution in [-0.2, 0) is 6.42 Å². The number of benzene rings is 1. The fourth-order valence-corrected chi connectivity index (χ4v) is 1.61. The van der Waals surface area contributed by atoms with E-state index in [1.54, 1.807) is 0 Å². The van der Waals surface area contributed by atoms with E-state index >= 15 is 0 Å². The van der Waals surface area contributed by atoms with Crippen molar-refractivity contribution in [3.05, 3.63) is 35.2 Å². The molecule has 90 valence electrons. The predicted molar refractivity (Wildman–Crippen MR) is 66.6 cm³/mol. The molecule has 0 fully saturated rings. The average molecular weight is 231 g/mol. The maximum Gasteiger partial charge on any atom is 0.257 e. The molecule has 0 saturated carbocycles. The Labute approximate surface area is 101 Å². The van der Waals surface area contributed by atoms with Gasteiger partial charge in [0, 0.05) is 12.0 Å². The van der Waals surface area contributed by atoms with E-state index in [0.717, 1.165) is 24.2 Å². The fraction of sp³-hybridized carbons (Fsp3) is 0.385. The van der Waals surface area contributed by atoms with Crippen molar-refractivity contribution in [1.29, 1.82) is 0 Å². The third-order valence-electron chi connectivity index (χ3n) is 2.83. The molecule has 4 heteroatoms. The van der Waals surface area contributed by atoms with Crippen molar-refractivity contribution in [1.82, 2.24) is 10.1 Å². The molecule has 0 spiro atoms. The van der Waals surface area contributed by atoms with E-state index in [1.165, 1.54) is 11.1 Å². The molecule has 0 aliphatic heterocycles. The number of aromatic nitrogens is 2. The SMILES string of the molecule is Cc1ccc(-c2nc(CCCN)no2)cc1C. The lowest BCUT2D eigenvalue weighted by atomic mass is 10.1. The lowest BCUT2D eigenvalue weighted by Crippen LogP contribution is -2.01. The molecule has 2 aromatic rings. The molecule has 4 nitrogen and oxygen atoms in total. The molecule has 1 aromatic heterocycles. The van der Waals surface area contributed by atoms with E-state index in [0.29, 0.717) is 12.4 Å². The van der Waals surface area contributed by atoms with E-state index < -0.39 is 0 Å². The van der Waals surface area contributed by atoms with Crippen LogP contribution in [0.3, 0.4) is 0 Å². The summed E-state index contributed by atoms with van der Waals surface area (Å²) < 4.78 is 5.24. The first kappa shape index (κ1) is 11.8. The lowest BCUT2D eigenvalue weighted by molar-refractivity contribution is 0.422. The van der Waals surface area contributed by atoms with Gasteiger partial charge in [-0.1, -0.05) is 11.2 Å². The third kappa shape index (κ3) is 2.71. The summed E-state index contributed by atoms with van der Waals surface area (Å²) in [6.07, 6.45) is 1.65. The lowest BCUT2D eigenvalue weighted by Gasteiger charge is -2.00. The number of hydrogen-bond donors (Lipinski definition) is 1. The highest BCUT2D eigenvalue weighted by Gasteiger charge is 2.08. The van der Waals surface area contributed by atoms with Gasteiger partial charge < -0.3 is 10.3 Å². The molecule has 0 radical (unpaired) electrons. The molecule has 1 aromatic carbocycles. The Morgan fingerprint density at radius 2 is 2.06 bits per heavy atom. The number of aryl methyl sites for hydroxylation is 3. The monoisotopic (exact) mass is 231 g/mol. The Morgan fingerprint density at radius 3 is 2.76 bits per heavy atom. The Hall–Kier alpha value is -1.68. The summed E-state index contributed by atoms with van der Waals surface area (Å²) in [5.41, 5.74) is 8.90. The Morgan fingerprint density at radius 1 is 1.24 bits per heavy atom. The number of rotatable bonds is 4. The zero-order chi connectivity index (χ0) is 12.3. The molecular formula is C13H17N3O. The van der Waals surface area contributed by atoms with E-state index in [4.69, 9.17) is 10.3 Å². The normalized spacial score (nSPS) is 10.8. The van der Waals surface area contributed by atoms with Crippen LogP contribution in [0, 0.1) is 13.8 Å². The van der Waals surface area contributed by atoms with Crippen LogP contribution in [0.2, 0.25) is 0 Å². The second kappa shape index (κ2) is 5.10. The summed E-state index contributed by atoms with van der Waals surface area (Å²) in [5.74, 6) is 1.31. The molecule has 0 bridgehead atoms. The fourth-order valence-electron chi connectivity index (χ4n) is 1.61. The molecule has 0 aliphatic rings. The van der Waals surface area contributed by atoms with Gasteiger partial charge in [0.05, 0.1) is 0 Å². The van der Waals surface area contributed by atoms with Crippen molar-refractivity contribution < 1.29 is 4.52 Å². The minimum atomic E-state index is 0.583. The Bertz CT molecular complexity index is 505. The smallest absolute Gasteiger partial charge is 0.257 e. The first-order valence-corrected chi connectivity index (χ1v) is 5.81. The topological polar surface area (TPSA) is 64.9 Å². The van der Waals surface area contributed by atoms with Gasteiger partial charge in [-0.25, -0.2) is 0 Å². The highest BCUT2D eigenvalue weighted by Crippen LogP contribution is 2.20. The van der Waals surface area contributed by atoms with Crippen molar-refractivity contribution in [2.45, 2.75) is 26.7 Å². The van der Waals surface area contributed by atoms with Crippen LogP contribution in [0.15, 0.2) is 22.7 Å². The summed E-state index contributed by atoms with van der Waals surface area (Å²) >= 11 is 0. The maximum atomic E-state index is 5.44. The molecule has 0 aliphatic carbocycles. The van der Waals surface area contributed by atoms with Gasteiger partial charge in [0.25, 0.3) is 5.89 Å². The van der Waals surface area contributed by atoms with Crippen LogP contribution >= 0.6 is 0 Å². The second-order valence-electron chi connectivity index (χ2n) is 4.21. The minimum Gasteiger partial charge on any atom is -0.334 e. The first-order chi connectivity index (χ1) is 8.20. The van der Waals surface area contributed by atoms with Gasteiger partial charge in [-0.3, -0.25) is 0 Å². The molecular weight excluding hydrogens is 214 g/mol. The standard InChI is InChI=1S/C13H17N3O/c1-9-5-6-11(8-10(9)2)13-15-12(16-17-13)4-3-7-14/h5-6,8H,3-4,7,14H2,1-2H3. The maximum absolute atomic E-state index is 5.44. The quantitative estimate of drug-likeness (QED) is 0.876. The highest BCUT2D eigenvalue weighted by atomic mass is 16.5. The van der Waals surface area contributed by atoms with Crippen LogP contribution in [0.4, 0.5) is 0 Å². The zero-order valence-electron chi connectivity index (χ0n) is 10.2. The molecule has 2 rings (SSSR count). The van der Waals surface area contributed by atoms with Crippen LogP contribution in [0.1, 0.15) is 23.4 Å². The Kier molecular flexibility index (Phi) is 3.54. The van der Waals surface area contributed by atoms with Crippen LogP contribution in [0.5, 0.6) is 0 Å². The van der Waals surface area contributed by atoms with Gasteiger partial charge in [-0.05, 0) is 50.1 Å². The van der Waals surface area contributed by atoms with Crippen molar-refractivity contribution in [2.24, 2.45) is 5.73 Å². The van der Waals surface area contributed by atoms with Crippen molar-refractivity contribution in [2.75, 3.05) is 6.54 Å². The van der Waals surface area contributed by atoms with Gasteiger partial charge in [-0.15, -0.1) is 0 Å². The zero-order valence-corrected chi connectivity index (χ0v) is 10.2. The highest BCUT2D eigenvalue weighted by molar-refractivity contribution is 5.55. The first-order valence-electron chi connectivity index (χ1n) is 5.81. The van der Waals surface area contributed by atoms with E-state index in [1.807, 2.05) is 6.07 Å². The molecule has 1 heterocycles. The van der Waals surface area contributed by atoms with Gasteiger partial charge in [0.2, 0.25) is 0 Å². The van der Waals surface area contributed by atoms with Gasteiger partial charge in [-0.2, -0.15) is 4.98 Å². The summed E-state index contributed by atoms with van der Waals surface area (Å²) in [5, 5.41) is 3.94. The minimum absolute atomic E-state index is 0.583. The molecule has 0 atom stereocenters. The summed E-state index contributed by atoms with van der Waals surface area (Å²) in [6.45, 7) is 4.80. The van der Waals surface area contributed by atoms with E-state index in [2.05, 4.69) is 36.1 Å². The van der Waals surface area contributed by atoms with E-state index in [9.17, 15) is 0 Å².